The number of hydrogen-bond donors (Lipinski definition) is 1. The normalized spacial score (nSPS) is 24.5. The quantitative estimate of drug-likeness (QED) is 0.918. The minimum atomic E-state index is -0.238. The van der Waals surface area contributed by atoms with Gasteiger partial charge in [0.2, 0.25) is 11.8 Å². The van der Waals surface area contributed by atoms with Gasteiger partial charge in [-0.05, 0) is 37.0 Å². The summed E-state index contributed by atoms with van der Waals surface area (Å²) in [5.74, 6) is -0.111. The minimum Gasteiger partial charge on any atom is -0.341 e. The van der Waals surface area contributed by atoms with E-state index in [9.17, 15) is 9.59 Å². The molecular formula is C19H27N3O2. The predicted octanol–water partition coefficient (Wildman–Crippen LogP) is 1.94. The Labute approximate surface area is 143 Å². The number of carbonyl (C=O) groups excluding carboxylic acids is 2. The lowest BCUT2D eigenvalue weighted by Crippen LogP contribution is -2.48. The van der Waals surface area contributed by atoms with Gasteiger partial charge in [0, 0.05) is 37.8 Å². The predicted molar refractivity (Wildman–Crippen MR) is 94.7 cm³/mol. The third-order valence-corrected chi connectivity index (χ3v) is 5.03. The summed E-state index contributed by atoms with van der Waals surface area (Å²) >= 11 is 0. The van der Waals surface area contributed by atoms with Crippen LogP contribution in [0.1, 0.15) is 38.2 Å². The highest BCUT2D eigenvalue weighted by molar-refractivity contribution is 6.00. The van der Waals surface area contributed by atoms with Crippen molar-refractivity contribution in [2.75, 3.05) is 24.5 Å². The number of nitrogens with two attached hydrogens (primary N) is 1. The van der Waals surface area contributed by atoms with Gasteiger partial charge in [0.15, 0.2) is 0 Å². The zero-order chi connectivity index (χ0) is 17.1. The average Bonchev–Trinajstić information content (AvgIpc) is 2.97. The van der Waals surface area contributed by atoms with Gasteiger partial charge in [-0.1, -0.05) is 25.5 Å². The van der Waals surface area contributed by atoms with Crippen LogP contribution in [-0.2, 0) is 16.0 Å². The molecule has 0 radical (unpaired) electrons. The van der Waals surface area contributed by atoms with Gasteiger partial charge >= 0.3 is 0 Å². The summed E-state index contributed by atoms with van der Waals surface area (Å²) in [6, 6.07) is 8.21. The van der Waals surface area contributed by atoms with Crippen LogP contribution < -0.4 is 10.6 Å². The number of carbonyl (C=O) groups is 2. The van der Waals surface area contributed by atoms with E-state index in [1.807, 2.05) is 17.0 Å². The molecular weight excluding hydrogens is 302 g/mol. The molecule has 2 aliphatic rings. The molecule has 5 nitrogen and oxygen atoms in total. The van der Waals surface area contributed by atoms with Gasteiger partial charge in [0.1, 0.15) is 0 Å². The first kappa shape index (κ1) is 17.0. The van der Waals surface area contributed by atoms with Gasteiger partial charge in [-0.3, -0.25) is 9.59 Å². The Bertz CT molecular complexity index is 599. The molecule has 130 valence electrons. The largest absolute Gasteiger partial charge is 0.341 e. The van der Waals surface area contributed by atoms with Crippen molar-refractivity contribution in [1.82, 2.24) is 4.90 Å². The van der Waals surface area contributed by atoms with E-state index in [4.69, 9.17) is 5.73 Å². The zero-order valence-corrected chi connectivity index (χ0v) is 14.4. The number of nitrogens with zero attached hydrogens (tertiary/aromatic N) is 2. The molecule has 1 aromatic rings. The molecule has 0 bridgehead atoms. The van der Waals surface area contributed by atoms with Crippen molar-refractivity contribution in [3.05, 3.63) is 29.8 Å². The molecule has 3 rings (SSSR count). The molecule has 5 heteroatoms. The van der Waals surface area contributed by atoms with Crippen LogP contribution in [0.2, 0.25) is 0 Å². The van der Waals surface area contributed by atoms with Crippen molar-refractivity contribution >= 4 is 17.5 Å². The van der Waals surface area contributed by atoms with Crippen LogP contribution in [0.25, 0.3) is 0 Å². The summed E-state index contributed by atoms with van der Waals surface area (Å²) in [6.07, 6.45) is 4.39. The summed E-state index contributed by atoms with van der Waals surface area (Å²) in [4.78, 5) is 28.7. The molecule has 2 atom stereocenters. The Morgan fingerprint density at radius 2 is 2.00 bits per heavy atom. The van der Waals surface area contributed by atoms with Crippen LogP contribution >= 0.6 is 0 Å². The molecule has 2 N–H and O–H groups in total. The van der Waals surface area contributed by atoms with Gasteiger partial charge in [-0.15, -0.1) is 0 Å². The van der Waals surface area contributed by atoms with Crippen LogP contribution in [0.3, 0.4) is 0 Å². The first-order chi connectivity index (χ1) is 11.6. The van der Waals surface area contributed by atoms with Crippen LogP contribution in [0, 0.1) is 5.92 Å². The van der Waals surface area contributed by atoms with Crippen molar-refractivity contribution in [2.45, 2.75) is 45.1 Å². The number of likely N-dealkylation sites (tertiary alicyclic amines) is 1. The van der Waals surface area contributed by atoms with Crippen LogP contribution in [0.5, 0.6) is 0 Å². The molecule has 0 aliphatic carbocycles. The Kier molecular flexibility index (Phi) is 5.19. The molecule has 2 aliphatic heterocycles. The molecule has 0 aromatic heterocycles. The molecule has 24 heavy (non-hydrogen) atoms. The maximum absolute atomic E-state index is 12.7. The Morgan fingerprint density at radius 1 is 1.25 bits per heavy atom. The number of amides is 2. The van der Waals surface area contributed by atoms with E-state index in [1.54, 1.807) is 4.90 Å². The van der Waals surface area contributed by atoms with Crippen molar-refractivity contribution in [3.63, 3.8) is 0 Å². The molecule has 1 aromatic carbocycles. The smallest absolute Gasteiger partial charge is 0.228 e. The molecule has 2 amide bonds. The number of anilines is 1. The van der Waals surface area contributed by atoms with E-state index in [1.165, 1.54) is 5.56 Å². The maximum atomic E-state index is 12.7. The van der Waals surface area contributed by atoms with Gasteiger partial charge in [0.05, 0.1) is 5.92 Å². The van der Waals surface area contributed by atoms with E-state index in [0.29, 0.717) is 19.5 Å². The Hall–Kier alpha value is -1.88. The summed E-state index contributed by atoms with van der Waals surface area (Å²) in [6.45, 7) is 4.02. The molecule has 2 fully saturated rings. The Balaban J connectivity index is 1.65. The fourth-order valence-electron chi connectivity index (χ4n) is 3.72. The highest BCUT2D eigenvalue weighted by Gasteiger charge is 2.38. The fourth-order valence-corrected chi connectivity index (χ4v) is 3.72. The van der Waals surface area contributed by atoms with Gasteiger partial charge in [0.25, 0.3) is 0 Å². The second-order valence-electron chi connectivity index (χ2n) is 7.01. The first-order valence-electron chi connectivity index (χ1n) is 9.02. The van der Waals surface area contributed by atoms with E-state index < -0.39 is 0 Å². The summed E-state index contributed by atoms with van der Waals surface area (Å²) < 4.78 is 0. The van der Waals surface area contributed by atoms with E-state index in [2.05, 4.69) is 19.1 Å². The Morgan fingerprint density at radius 3 is 2.67 bits per heavy atom. The SMILES string of the molecule is CCCc1ccc(N2CC(C(=O)N3CCCC(N)C3)CC2=O)cc1. The summed E-state index contributed by atoms with van der Waals surface area (Å²) in [5, 5.41) is 0. The highest BCUT2D eigenvalue weighted by Crippen LogP contribution is 2.27. The van der Waals surface area contributed by atoms with Crippen molar-refractivity contribution in [2.24, 2.45) is 11.7 Å². The minimum absolute atomic E-state index is 0.0397. The standard InChI is InChI=1S/C19H27N3O2/c1-2-4-14-6-8-17(9-7-14)22-12-15(11-18(22)23)19(24)21-10-3-5-16(20)13-21/h6-9,15-16H,2-5,10-13,20H2,1H3. The highest BCUT2D eigenvalue weighted by atomic mass is 16.2. The van der Waals surface area contributed by atoms with Crippen molar-refractivity contribution in [1.29, 1.82) is 0 Å². The average molecular weight is 329 g/mol. The number of rotatable bonds is 4. The molecule has 2 unspecified atom stereocenters. The summed E-state index contributed by atoms with van der Waals surface area (Å²) in [7, 11) is 0. The first-order valence-corrected chi connectivity index (χ1v) is 9.02. The lowest BCUT2D eigenvalue weighted by Gasteiger charge is -2.32. The lowest BCUT2D eigenvalue weighted by atomic mass is 10.0. The third-order valence-electron chi connectivity index (χ3n) is 5.03. The van der Waals surface area contributed by atoms with Gasteiger partial charge in [-0.25, -0.2) is 0 Å². The second kappa shape index (κ2) is 7.34. The number of hydrogen-bond acceptors (Lipinski definition) is 3. The molecule has 0 spiro atoms. The maximum Gasteiger partial charge on any atom is 0.228 e. The van der Waals surface area contributed by atoms with Crippen molar-refractivity contribution in [3.8, 4) is 0 Å². The molecule has 2 saturated heterocycles. The van der Waals surface area contributed by atoms with E-state index >= 15 is 0 Å². The van der Waals surface area contributed by atoms with E-state index in [-0.39, 0.29) is 23.8 Å². The van der Waals surface area contributed by atoms with Gasteiger partial charge in [-0.2, -0.15) is 0 Å². The number of aryl methyl sites for hydroxylation is 1. The topological polar surface area (TPSA) is 66.6 Å². The third kappa shape index (κ3) is 3.61. The van der Waals surface area contributed by atoms with Crippen LogP contribution in [0.4, 0.5) is 5.69 Å². The zero-order valence-electron chi connectivity index (χ0n) is 14.4. The summed E-state index contributed by atoms with van der Waals surface area (Å²) in [5.41, 5.74) is 8.15. The molecule has 2 heterocycles. The second-order valence-corrected chi connectivity index (χ2v) is 7.01. The van der Waals surface area contributed by atoms with Crippen LogP contribution in [0.15, 0.2) is 24.3 Å². The lowest BCUT2D eigenvalue weighted by molar-refractivity contribution is -0.136. The molecule has 0 saturated carbocycles. The van der Waals surface area contributed by atoms with Crippen LogP contribution in [-0.4, -0.2) is 42.4 Å². The monoisotopic (exact) mass is 329 g/mol. The fraction of sp³-hybridized carbons (Fsp3) is 0.579. The van der Waals surface area contributed by atoms with Gasteiger partial charge < -0.3 is 15.5 Å². The number of piperidine rings is 1. The number of benzene rings is 1. The van der Waals surface area contributed by atoms with Crippen molar-refractivity contribution < 1.29 is 9.59 Å². The van der Waals surface area contributed by atoms with E-state index in [0.717, 1.165) is 37.9 Å².